The summed E-state index contributed by atoms with van der Waals surface area (Å²) in [5.41, 5.74) is 1.62. The Balaban J connectivity index is 1.82. The highest BCUT2D eigenvalue weighted by molar-refractivity contribution is 7.92. The molecule has 0 aliphatic rings. The van der Waals surface area contributed by atoms with Gasteiger partial charge in [-0.25, -0.2) is 8.42 Å². The number of carbonyl (C=O) groups is 1. The van der Waals surface area contributed by atoms with Crippen LogP contribution in [0.3, 0.4) is 0 Å². The molecule has 7 heteroatoms. The van der Waals surface area contributed by atoms with Gasteiger partial charge in [0.1, 0.15) is 5.75 Å². The third-order valence-corrected chi connectivity index (χ3v) is 6.63. The predicted octanol–water partition coefficient (Wildman–Crippen LogP) is 4.01. The van der Waals surface area contributed by atoms with Crippen LogP contribution in [0.4, 0.5) is 5.69 Å². The van der Waals surface area contributed by atoms with Crippen LogP contribution in [0.1, 0.15) is 28.9 Å². The second-order valence-corrected chi connectivity index (χ2v) is 8.74. The molecule has 3 aromatic rings. The van der Waals surface area contributed by atoms with Crippen LogP contribution in [0.25, 0.3) is 0 Å². The monoisotopic (exact) mass is 424 g/mol. The summed E-state index contributed by atoms with van der Waals surface area (Å²) < 4.78 is 32.2. The molecule has 0 heterocycles. The first-order valence-corrected chi connectivity index (χ1v) is 10.9. The van der Waals surface area contributed by atoms with E-state index in [9.17, 15) is 13.2 Å². The van der Waals surface area contributed by atoms with Gasteiger partial charge in [0, 0.05) is 18.2 Å². The molecule has 0 saturated carbocycles. The highest BCUT2D eigenvalue weighted by Crippen LogP contribution is 2.26. The van der Waals surface area contributed by atoms with E-state index in [1.807, 2.05) is 31.2 Å². The molecule has 156 valence electrons. The highest BCUT2D eigenvalue weighted by Gasteiger charge is 2.22. The molecule has 0 fully saturated rings. The summed E-state index contributed by atoms with van der Waals surface area (Å²) in [5.74, 6) is 0.383. The van der Waals surface area contributed by atoms with Crippen molar-refractivity contribution in [2.75, 3.05) is 18.5 Å². The lowest BCUT2D eigenvalue weighted by Gasteiger charge is -2.21. The number of nitrogens with zero attached hydrogens (tertiary/aromatic N) is 1. The van der Waals surface area contributed by atoms with E-state index in [-0.39, 0.29) is 16.8 Å². The number of carbonyl (C=O) groups excluding carboxylic acids is 1. The van der Waals surface area contributed by atoms with E-state index in [0.29, 0.717) is 17.0 Å². The van der Waals surface area contributed by atoms with Crippen molar-refractivity contribution in [3.63, 3.8) is 0 Å². The lowest BCUT2D eigenvalue weighted by atomic mass is 10.1. The Kier molecular flexibility index (Phi) is 6.42. The Hall–Kier alpha value is -3.32. The van der Waals surface area contributed by atoms with Crippen molar-refractivity contribution < 1.29 is 17.9 Å². The summed E-state index contributed by atoms with van der Waals surface area (Å²) in [6.45, 7) is 1.87. The van der Waals surface area contributed by atoms with Crippen LogP contribution < -0.4 is 14.4 Å². The van der Waals surface area contributed by atoms with Crippen LogP contribution >= 0.6 is 0 Å². The first-order chi connectivity index (χ1) is 14.3. The molecule has 0 aromatic heterocycles. The van der Waals surface area contributed by atoms with Gasteiger partial charge in [-0.2, -0.15) is 0 Å². The number of anilines is 1. The number of benzene rings is 3. The number of ether oxygens (including phenoxy) is 1. The Morgan fingerprint density at radius 2 is 1.63 bits per heavy atom. The van der Waals surface area contributed by atoms with Crippen molar-refractivity contribution in [3.05, 3.63) is 90.0 Å². The van der Waals surface area contributed by atoms with Crippen LogP contribution in [0.5, 0.6) is 5.75 Å². The SMILES string of the molecule is COc1ccccc1[C@H](C)NC(=O)c1cccc(N(C)S(=O)(=O)c2ccccc2)c1. The maximum atomic E-state index is 12.9. The molecule has 6 nitrogen and oxygen atoms in total. The van der Waals surface area contributed by atoms with E-state index in [1.165, 1.54) is 23.5 Å². The van der Waals surface area contributed by atoms with E-state index in [2.05, 4.69) is 5.32 Å². The number of sulfonamides is 1. The maximum absolute atomic E-state index is 12.9. The van der Waals surface area contributed by atoms with Gasteiger partial charge in [0.25, 0.3) is 15.9 Å². The minimum atomic E-state index is -3.72. The van der Waals surface area contributed by atoms with E-state index in [1.54, 1.807) is 49.6 Å². The van der Waals surface area contributed by atoms with Crippen LogP contribution in [-0.2, 0) is 10.0 Å². The maximum Gasteiger partial charge on any atom is 0.264 e. The van der Waals surface area contributed by atoms with Gasteiger partial charge in [-0.15, -0.1) is 0 Å². The van der Waals surface area contributed by atoms with Crippen molar-refractivity contribution in [1.82, 2.24) is 5.32 Å². The summed E-state index contributed by atoms with van der Waals surface area (Å²) in [6, 6.07) is 21.9. The van der Waals surface area contributed by atoms with E-state index in [4.69, 9.17) is 4.74 Å². The third-order valence-electron chi connectivity index (χ3n) is 4.83. The van der Waals surface area contributed by atoms with Gasteiger partial charge in [0.2, 0.25) is 0 Å². The fourth-order valence-electron chi connectivity index (χ4n) is 3.11. The molecule has 0 bridgehead atoms. The minimum Gasteiger partial charge on any atom is -0.496 e. The largest absolute Gasteiger partial charge is 0.496 e. The smallest absolute Gasteiger partial charge is 0.264 e. The molecule has 0 radical (unpaired) electrons. The number of nitrogens with one attached hydrogen (secondary N) is 1. The van der Waals surface area contributed by atoms with E-state index < -0.39 is 10.0 Å². The summed E-state index contributed by atoms with van der Waals surface area (Å²) >= 11 is 0. The summed E-state index contributed by atoms with van der Waals surface area (Å²) in [6.07, 6.45) is 0. The zero-order valence-corrected chi connectivity index (χ0v) is 17.9. The van der Waals surface area contributed by atoms with Crippen molar-refractivity contribution in [2.45, 2.75) is 17.9 Å². The standard InChI is InChI=1S/C23H24N2O4S/c1-17(21-14-7-8-15-22(21)29-3)24-23(26)18-10-9-11-19(16-18)25(2)30(27,28)20-12-5-4-6-13-20/h4-17H,1-3H3,(H,24,26)/t17-/m0/s1. The summed E-state index contributed by atoms with van der Waals surface area (Å²) in [5, 5.41) is 2.94. The first-order valence-electron chi connectivity index (χ1n) is 9.42. The Morgan fingerprint density at radius 1 is 0.967 bits per heavy atom. The number of methoxy groups -OCH3 is 1. The van der Waals surface area contributed by atoms with Gasteiger partial charge in [-0.3, -0.25) is 9.10 Å². The number of amides is 1. The van der Waals surface area contributed by atoms with E-state index in [0.717, 1.165) is 5.56 Å². The summed E-state index contributed by atoms with van der Waals surface area (Å²) in [4.78, 5) is 13.0. The number of hydrogen-bond acceptors (Lipinski definition) is 4. The normalized spacial score (nSPS) is 12.1. The van der Waals surface area contributed by atoms with Crippen molar-refractivity contribution in [3.8, 4) is 5.75 Å². The van der Waals surface area contributed by atoms with Gasteiger partial charge in [-0.1, -0.05) is 42.5 Å². The quantitative estimate of drug-likeness (QED) is 0.622. The fraction of sp³-hybridized carbons (Fsp3) is 0.174. The minimum absolute atomic E-state index is 0.187. The average molecular weight is 425 g/mol. The zero-order valence-electron chi connectivity index (χ0n) is 17.1. The predicted molar refractivity (Wildman–Crippen MR) is 117 cm³/mol. The number of para-hydroxylation sites is 1. The Labute approximate surface area is 177 Å². The molecular weight excluding hydrogens is 400 g/mol. The number of hydrogen-bond donors (Lipinski definition) is 1. The van der Waals surface area contributed by atoms with Crippen LogP contribution in [0, 0.1) is 0 Å². The second kappa shape index (κ2) is 9.00. The molecule has 0 unspecified atom stereocenters. The molecule has 0 aliphatic heterocycles. The van der Waals surface area contributed by atoms with Crippen LogP contribution in [-0.4, -0.2) is 28.5 Å². The Morgan fingerprint density at radius 3 is 2.33 bits per heavy atom. The van der Waals surface area contributed by atoms with E-state index >= 15 is 0 Å². The molecular formula is C23H24N2O4S. The van der Waals surface area contributed by atoms with Gasteiger partial charge in [-0.05, 0) is 43.3 Å². The molecule has 1 atom stereocenters. The molecule has 0 aliphatic carbocycles. The van der Waals surface area contributed by atoms with Gasteiger partial charge >= 0.3 is 0 Å². The lowest BCUT2D eigenvalue weighted by molar-refractivity contribution is 0.0939. The molecule has 0 saturated heterocycles. The molecule has 1 amide bonds. The first kappa shape index (κ1) is 21.4. The van der Waals surface area contributed by atoms with Gasteiger partial charge in [0.15, 0.2) is 0 Å². The Bertz CT molecular complexity index is 1130. The van der Waals surface area contributed by atoms with Crippen LogP contribution in [0.15, 0.2) is 83.8 Å². The van der Waals surface area contributed by atoms with Gasteiger partial charge < -0.3 is 10.1 Å². The third kappa shape index (κ3) is 4.46. The van der Waals surface area contributed by atoms with Crippen molar-refractivity contribution in [2.24, 2.45) is 0 Å². The zero-order chi connectivity index (χ0) is 21.7. The number of rotatable bonds is 7. The van der Waals surface area contributed by atoms with Crippen molar-refractivity contribution in [1.29, 1.82) is 0 Å². The fourth-order valence-corrected chi connectivity index (χ4v) is 4.32. The average Bonchev–Trinajstić information content (AvgIpc) is 2.79. The molecule has 0 spiro atoms. The second-order valence-electron chi connectivity index (χ2n) is 6.77. The van der Waals surface area contributed by atoms with Gasteiger partial charge in [0.05, 0.1) is 23.7 Å². The molecule has 1 N–H and O–H groups in total. The summed E-state index contributed by atoms with van der Waals surface area (Å²) in [7, 11) is -0.672. The topological polar surface area (TPSA) is 75.7 Å². The molecule has 30 heavy (non-hydrogen) atoms. The highest BCUT2D eigenvalue weighted by atomic mass is 32.2. The van der Waals surface area contributed by atoms with Crippen molar-refractivity contribution >= 4 is 21.6 Å². The molecule has 3 aromatic carbocycles. The van der Waals surface area contributed by atoms with Crippen LogP contribution in [0.2, 0.25) is 0 Å². The molecule has 3 rings (SSSR count). The lowest BCUT2D eigenvalue weighted by Crippen LogP contribution is -2.28.